The molecule has 2 unspecified atom stereocenters. The number of benzene rings is 1. The lowest BCUT2D eigenvalue weighted by atomic mass is 9.98. The van der Waals surface area contributed by atoms with E-state index in [1.807, 2.05) is 0 Å². The molecule has 0 bridgehead atoms. The van der Waals surface area contributed by atoms with Crippen LogP contribution < -0.4 is 16.4 Å². The normalized spacial score (nSPS) is 21.2. The smallest absolute Gasteiger partial charge is 0.254 e. The van der Waals surface area contributed by atoms with Gasteiger partial charge >= 0.3 is 0 Å². The number of aryl methyl sites for hydroxylation is 1. The van der Waals surface area contributed by atoms with E-state index in [2.05, 4.69) is 39.4 Å². The molecule has 1 aliphatic heterocycles. The van der Waals surface area contributed by atoms with Gasteiger partial charge in [0, 0.05) is 43.2 Å². The SMILES string of the molecule is Cc1cc(F)c(C(=O)NC2CC2)cc1/C(C=Nc1cncc(NC2CCN(C(C)C)CC2F)c1)=C/N. The zero-order chi connectivity index (χ0) is 25.8. The Kier molecular flexibility index (Phi) is 7.98. The summed E-state index contributed by atoms with van der Waals surface area (Å²) in [6.45, 7) is 7.15. The van der Waals surface area contributed by atoms with E-state index < -0.39 is 17.9 Å². The fourth-order valence-corrected chi connectivity index (χ4v) is 4.35. The second-order valence-corrected chi connectivity index (χ2v) is 9.85. The van der Waals surface area contributed by atoms with E-state index >= 15 is 0 Å². The highest BCUT2D eigenvalue weighted by molar-refractivity contribution is 6.11. The number of carbonyl (C=O) groups excluding carboxylic acids is 1. The van der Waals surface area contributed by atoms with E-state index in [0.717, 1.165) is 19.4 Å². The number of allylic oxidation sites excluding steroid dienone is 1. The molecule has 2 atom stereocenters. The van der Waals surface area contributed by atoms with Crippen molar-refractivity contribution in [1.82, 2.24) is 15.2 Å². The molecule has 1 saturated carbocycles. The monoisotopic (exact) mass is 496 g/mol. The first kappa shape index (κ1) is 25.8. The fourth-order valence-electron chi connectivity index (χ4n) is 4.35. The Morgan fingerprint density at radius 3 is 2.67 bits per heavy atom. The number of rotatable bonds is 8. The Labute approximate surface area is 210 Å². The van der Waals surface area contributed by atoms with E-state index in [4.69, 9.17) is 5.73 Å². The van der Waals surface area contributed by atoms with Crippen LogP contribution in [-0.4, -0.2) is 59.4 Å². The lowest BCUT2D eigenvalue weighted by Crippen LogP contribution is -2.50. The van der Waals surface area contributed by atoms with Gasteiger partial charge in [-0.05, 0) is 69.4 Å². The van der Waals surface area contributed by atoms with Gasteiger partial charge in [0.15, 0.2) is 0 Å². The van der Waals surface area contributed by atoms with Crippen molar-refractivity contribution in [2.75, 3.05) is 18.4 Å². The lowest BCUT2D eigenvalue weighted by molar-refractivity contribution is 0.0947. The molecule has 2 fully saturated rings. The number of likely N-dealkylation sites (tertiary alicyclic amines) is 1. The third kappa shape index (κ3) is 6.26. The summed E-state index contributed by atoms with van der Waals surface area (Å²) in [5.41, 5.74) is 8.88. The van der Waals surface area contributed by atoms with Crippen LogP contribution in [0.3, 0.4) is 0 Å². The molecular formula is C27H34F2N6O. The second-order valence-electron chi connectivity index (χ2n) is 9.85. The molecule has 9 heteroatoms. The van der Waals surface area contributed by atoms with Crippen LogP contribution in [0.5, 0.6) is 0 Å². The van der Waals surface area contributed by atoms with Crippen molar-refractivity contribution in [3.63, 3.8) is 0 Å². The number of piperidine rings is 1. The summed E-state index contributed by atoms with van der Waals surface area (Å²) in [4.78, 5) is 23.3. The minimum atomic E-state index is -0.979. The molecule has 36 heavy (non-hydrogen) atoms. The van der Waals surface area contributed by atoms with Crippen molar-refractivity contribution < 1.29 is 13.6 Å². The molecule has 2 aromatic rings. The number of nitrogens with one attached hydrogen (secondary N) is 2. The van der Waals surface area contributed by atoms with Crippen molar-refractivity contribution in [3.8, 4) is 0 Å². The average Bonchev–Trinajstić information content (AvgIpc) is 3.66. The predicted octanol–water partition coefficient (Wildman–Crippen LogP) is 4.36. The highest BCUT2D eigenvalue weighted by Crippen LogP contribution is 2.26. The number of nitrogens with two attached hydrogens (primary N) is 1. The number of nitrogens with zero attached hydrogens (tertiary/aromatic N) is 3. The van der Waals surface area contributed by atoms with Gasteiger partial charge in [-0.15, -0.1) is 0 Å². The fraction of sp³-hybridized carbons (Fsp3) is 0.444. The zero-order valence-electron chi connectivity index (χ0n) is 21.0. The number of carbonyl (C=O) groups is 1. The van der Waals surface area contributed by atoms with E-state index in [0.29, 0.717) is 47.1 Å². The third-order valence-electron chi connectivity index (χ3n) is 6.69. The largest absolute Gasteiger partial charge is 0.404 e. The molecule has 4 N–H and O–H groups in total. The molecule has 1 aromatic heterocycles. The van der Waals surface area contributed by atoms with Crippen LogP contribution in [0.2, 0.25) is 0 Å². The van der Waals surface area contributed by atoms with Crippen molar-refractivity contribution >= 4 is 29.1 Å². The number of aromatic nitrogens is 1. The number of amides is 1. The van der Waals surface area contributed by atoms with Gasteiger partial charge in [0.2, 0.25) is 0 Å². The first-order valence-electron chi connectivity index (χ1n) is 12.4. The first-order valence-corrected chi connectivity index (χ1v) is 12.4. The van der Waals surface area contributed by atoms with Crippen molar-refractivity contribution in [2.45, 2.75) is 64.3 Å². The highest BCUT2D eigenvalue weighted by Gasteiger charge is 2.30. The summed E-state index contributed by atoms with van der Waals surface area (Å²) in [5.74, 6) is -1.01. The summed E-state index contributed by atoms with van der Waals surface area (Å²) in [5, 5.41) is 6.07. The van der Waals surface area contributed by atoms with Gasteiger partial charge in [-0.2, -0.15) is 0 Å². The van der Waals surface area contributed by atoms with Gasteiger partial charge in [-0.3, -0.25) is 19.7 Å². The Bertz CT molecular complexity index is 1160. The third-order valence-corrected chi connectivity index (χ3v) is 6.69. The Hall–Kier alpha value is -3.33. The van der Waals surface area contributed by atoms with E-state index in [-0.39, 0.29) is 17.6 Å². The van der Waals surface area contributed by atoms with E-state index in [1.165, 1.54) is 18.3 Å². The molecule has 1 amide bonds. The molecule has 0 spiro atoms. The van der Waals surface area contributed by atoms with Crippen molar-refractivity contribution in [3.05, 3.63) is 59.3 Å². The predicted molar refractivity (Wildman–Crippen MR) is 140 cm³/mol. The number of hydrogen-bond donors (Lipinski definition) is 3. The van der Waals surface area contributed by atoms with Crippen LogP contribution in [0.4, 0.5) is 20.2 Å². The molecule has 0 radical (unpaired) electrons. The van der Waals surface area contributed by atoms with Gasteiger partial charge in [-0.1, -0.05) is 0 Å². The maximum absolute atomic E-state index is 14.7. The summed E-state index contributed by atoms with van der Waals surface area (Å²) in [7, 11) is 0. The maximum Gasteiger partial charge on any atom is 0.254 e. The maximum atomic E-state index is 14.7. The number of pyridine rings is 1. The number of hydrogen-bond acceptors (Lipinski definition) is 6. The van der Waals surface area contributed by atoms with Gasteiger partial charge in [0.25, 0.3) is 5.91 Å². The summed E-state index contributed by atoms with van der Waals surface area (Å²) in [6, 6.07) is 4.79. The molecule has 1 saturated heterocycles. The highest BCUT2D eigenvalue weighted by atomic mass is 19.1. The minimum Gasteiger partial charge on any atom is -0.404 e. The Morgan fingerprint density at radius 2 is 2.00 bits per heavy atom. The number of halogens is 2. The van der Waals surface area contributed by atoms with E-state index in [9.17, 15) is 13.6 Å². The first-order chi connectivity index (χ1) is 17.2. The quantitative estimate of drug-likeness (QED) is 0.472. The molecule has 4 rings (SSSR count). The zero-order valence-corrected chi connectivity index (χ0v) is 21.0. The van der Waals surface area contributed by atoms with Crippen LogP contribution in [0.1, 0.15) is 54.6 Å². The summed E-state index contributed by atoms with van der Waals surface area (Å²) >= 11 is 0. The Balaban J connectivity index is 1.47. The van der Waals surface area contributed by atoms with E-state index in [1.54, 1.807) is 31.6 Å². The molecule has 2 heterocycles. The number of anilines is 1. The van der Waals surface area contributed by atoms with Crippen LogP contribution in [0.25, 0.3) is 5.57 Å². The standard InChI is InChI=1S/C27H34F2N6O/c1-16(2)35-7-6-26(25(29)15-35)33-21-9-20(13-31-14-21)32-12-18(11-30)22-10-23(24(28)8-17(22)3)27(36)34-19-4-5-19/h8-14,16,19,25-26,33H,4-7,15,30H2,1-3H3,(H,34,36)/b18-11+,32-12?. The average molecular weight is 497 g/mol. The number of alkyl halides is 1. The molecule has 7 nitrogen and oxygen atoms in total. The van der Waals surface area contributed by atoms with Crippen LogP contribution in [0, 0.1) is 12.7 Å². The van der Waals surface area contributed by atoms with Gasteiger partial charge in [0.05, 0.1) is 35.4 Å². The van der Waals surface area contributed by atoms with Crippen LogP contribution in [-0.2, 0) is 0 Å². The summed E-state index contributed by atoms with van der Waals surface area (Å²) in [6.07, 6.45) is 7.72. The van der Waals surface area contributed by atoms with Gasteiger partial charge in [0.1, 0.15) is 12.0 Å². The molecule has 1 aliphatic carbocycles. The van der Waals surface area contributed by atoms with Crippen molar-refractivity contribution in [1.29, 1.82) is 0 Å². The lowest BCUT2D eigenvalue weighted by Gasteiger charge is -2.37. The van der Waals surface area contributed by atoms with Crippen LogP contribution >= 0.6 is 0 Å². The molecule has 2 aliphatic rings. The topological polar surface area (TPSA) is 95.6 Å². The van der Waals surface area contributed by atoms with Crippen LogP contribution in [0.15, 0.2) is 41.8 Å². The summed E-state index contributed by atoms with van der Waals surface area (Å²) < 4.78 is 29.2. The number of aliphatic imine (C=N–C) groups is 1. The van der Waals surface area contributed by atoms with Gasteiger partial charge in [-0.25, -0.2) is 8.78 Å². The van der Waals surface area contributed by atoms with Gasteiger partial charge < -0.3 is 16.4 Å². The molecule has 1 aromatic carbocycles. The Morgan fingerprint density at radius 1 is 1.22 bits per heavy atom. The minimum absolute atomic E-state index is 0.0209. The molecule has 192 valence electrons. The van der Waals surface area contributed by atoms with Crippen molar-refractivity contribution in [2.24, 2.45) is 10.7 Å². The molecular weight excluding hydrogens is 462 g/mol. The second kappa shape index (κ2) is 11.2.